The van der Waals surface area contributed by atoms with Crippen molar-refractivity contribution in [1.82, 2.24) is 19.7 Å². The lowest BCUT2D eigenvalue weighted by molar-refractivity contribution is 0.0849. The van der Waals surface area contributed by atoms with Crippen LogP contribution in [0, 0.1) is 5.92 Å². The van der Waals surface area contributed by atoms with Gasteiger partial charge in [-0.1, -0.05) is 30.3 Å². The van der Waals surface area contributed by atoms with E-state index in [1.54, 1.807) is 10.9 Å². The Morgan fingerprint density at radius 1 is 1.19 bits per heavy atom. The number of hydrogen-bond donors (Lipinski definition) is 2. The Morgan fingerprint density at radius 2 is 1.93 bits per heavy atom. The third kappa shape index (κ3) is 3.73. The predicted octanol–water partition coefficient (Wildman–Crippen LogP) is 2.16. The van der Waals surface area contributed by atoms with E-state index in [0.29, 0.717) is 17.7 Å². The molecule has 1 fully saturated rings. The van der Waals surface area contributed by atoms with Crippen LogP contribution in [0.4, 0.5) is 11.8 Å². The summed E-state index contributed by atoms with van der Waals surface area (Å²) in [7, 11) is 1.86. The lowest BCUT2D eigenvalue weighted by Gasteiger charge is -2.34. The number of aliphatic hydroxyl groups excluding tert-OH is 1. The summed E-state index contributed by atoms with van der Waals surface area (Å²) in [5.74, 6) is 1.44. The van der Waals surface area contributed by atoms with Gasteiger partial charge in [-0.3, -0.25) is 4.68 Å². The topological polar surface area (TPSA) is 93.1 Å². The number of rotatable bonds is 5. The molecular weight excluding hydrogens is 340 g/mol. The lowest BCUT2D eigenvalue weighted by Crippen LogP contribution is -2.39. The van der Waals surface area contributed by atoms with Crippen molar-refractivity contribution in [3.63, 3.8) is 0 Å². The fourth-order valence-electron chi connectivity index (χ4n) is 3.85. The molecule has 142 valence electrons. The van der Waals surface area contributed by atoms with E-state index < -0.39 is 0 Å². The van der Waals surface area contributed by atoms with E-state index in [0.717, 1.165) is 49.8 Å². The molecule has 3 N–H and O–H groups in total. The van der Waals surface area contributed by atoms with Gasteiger partial charge < -0.3 is 15.7 Å². The molecule has 0 bridgehead atoms. The van der Waals surface area contributed by atoms with Gasteiger partial charge in [0, 0.05) is 20.1 Å². The van der Waals surface area contributed by atoms with Crippen molar-refractivity contribution in [3.8, 4) is 0 Å². The van der Waals surface area contributed by atoms with Crippen LogP contribution in [0.2, 0.25) is 0 Å². The van der Waals surface area contributed by atoms with Crippen LogP contribution in [0.3, 0.4) is 0 Å². The third-order valence-electron chi connectivity index (χ3n) is 5.55. The molecule has 0 spiro atoms. The average Bonchev–Trinajstić information content (AvgIpc) is 3.08. The molecule has 0 radical (unpaired) electrons. The highest BCUT2D eigenvalue weighted by atomic mass is 16.3. The Balaban J connectivity index is 1.36. The van der Waals surface area contributed by atoms with Gasteiger partial charge in [0.15, 0.2) is 5.65 Å². The Bertz CT molecular complexity index is 901. The Hall–Kier alpha value is -2.67. The van der Waals surface area contributed by atoms with E-state index in [1.807, 2.05) is 25.2 Å². The number of nitrogens with two attached hydrogens (primary N) is 1. The van der Waals surface area contributed by atoms with Gasteiger partial charge in [-0.05, 0) is 37.2 Å². The van der Waals surface area contributed by atoms with Crippen LogP contribution in [-0.2, 0) is 13.5 Å². The molecule has 7 nitrogen and oxygen atoms in total. The zero-order chi connectivity index (χ0) is 18.8. The van der Waals surface area contributed by atoms with E-state index in [4.69, 9.17) is 5.73 Å². The molecule has 0 aliphatic carbocycles. The Morgan fingerprint density at radius 3 is 2.67 bits per heavy atom. The summed E-state index contributed by atoms with van der Waals surface area (Å²) >= 11 is 0. The largest absolute Gasteiger partial charge is 0.393 e. The quantitative estimate of drug-likeness (QED) is 0.719. The van der Waals surface area contributed by atoms with Crippen molar-refractivity contribution in [3.05, 3.63) is 42.1 Å². The molecule has 7 heteroatoms. The van der Waals surface area contributed by atoms with Crippen LogP contribution >= 0.6 is 0 Å². The maximum Gasteiger partial charge on any atom is 0.229 e. The number of nitrogens with zero attached hydrogens (tertiary/aromatic N) is 5. The fourth-order valence-corrected chi connectivity index (χ4v) is 3.85. The molecule has 1 aromatic carbocycles. The SMILES string of the molecule is Cn1ncc2c(N)nc(N3CCC(C(O)CCc4ccccc4)CC3)nc21. The molecule has 1 atom stereocenters. The lowest BCUT2D eigenvalue weighted by atomic mass is 9.88. The van der Waals surface area contributed by atoms with Gasteiger partial charge in [0.05, 0.1) is 17.7 Å². The molecule has 1 saturated heterocycles. The normalized spacial score (nSPS) is 16.7. The van der Waals surface area contributed by atoms with Gasteiger partial charge in [0.2, 0.25) is 5.95 Å². The number of fused-ring (bicyclic) bond motifs is 1. The molecule has 4 rings (SSSR count). The third-order valence-corrected chi connectivity index (χ3v) is 5.55. The van der Waals surface area contributed by atoms with E-state index in [9.17, 15) is 5.11 Å². The van der Waals surface area contributed by atoms with Crippen molar-refractivity contribution in [2.24, 2.45) is 13.0 Å². The van der Waals surface area contributed by atoms with Gasteiger partial charge in [-0.25, -0.2) is 0 Å². The maximum absolute atomic E-state index is 10.6. The Labute approximate surface area is 158 Å². The van der Waals surface area contributed by atoms with Crippen molar-refractivity contribution in [1.29, 1.82) is 0 Å². The molecular formula is C20H26N6O. The highest BCUT2D eigenvalue weighted by Gasteiger charge is 2.26. The number of aryl methyl sites for hydroxylation is 2. The number of piperidine rings is 1. The second kappa shape index (κ2) is 7.52. The highest BCUT2D eigenvalue weighted by Crippen LogP contribution is 2.27. The standard InChI is InChI=1S/C20H26N6O/c1-25-19-16(13-22-25)18(21)23-20(24-19)26-11-9-15(10-12-26)17(27)8-7-14-5-3-2-4-6-14/h2-6,13,15,17,27H,7-12H2,1H3,(H2,21,23,24). The monoisotopic (exact) mass is 366 g/mol. The Kier molecular flexibility index (Phi) is 4.94. The first-order valence-electron chi connectivity index (χ1n) is 9.54. The number of anilines is 2. The van der Waals surface area contributed by atoms with E-state index in [-0.39, 0.29) is 6.10 Å². The van der Waals surface area contributed by atoms with Crippen molar-refractivity contribution >= 4 is 22.8 Å². The van der Waals surface area contributed by atoms with Gasteiger partial charge in [-0.2, -0.15) is 15.1 Å². The molecule has 27 heavy (non-hydrogen) atoms. The first-order valence-corrected chi connectivity index (χ1v) is 9.54. The second-order valence-corrected chi connectivity index (χ2v) is 7.33. The summed E-state index contributed by atoms with van der Waals surface area (Å²) in [6, 6.07) is 10.3. The van der Waals surface area contributed by atoms with Crippen molar-refractivity contribution in [2.75, 3.05) is 23.7 Å². The highest BCUT2D eigenvalue weighted by molar-refractivity contribution is 5.86. The van der Waals surface area contributed by atoms with Gasteiger partial charge >= 0.3 is 0 Å². The van der Waals surface area contributed by atoms with Crippen molar-refractivity contribution < 1.29 is 5.11 Å². The summed E-state index contributed by atoms with van der Waals surface area (Å²) in [6.45, 7) is 1.66. The molecule has 0 saturated carbocycles. The zero-order valence-electron chi connectivity index (χ0n) is 15.6. The van der Waals surface area contributed by atoms with Crippen LogP contribution in [0.5, 0.6) is 0 Å². The van der Waals surface area contributed by atoms with Crippen LogP contribution < -0.4 is 10.6 Å². The molecule has 3 heterocycles. The maximum atomic E-state index is 10.6. The summed E-state index contributed by atoms with van der Waals surface area (Å²) in [5, 5.41) is 15.6. The number of nitrogen functional groups attached to an aromatic ring is 1. The molecule has 2 aromatic heterocycles. The number of aliphatic hydroxyl groups is 1. The van der Waals surface area contributed by atoms with E-state index in [1.165, 1.54) is 5.56 Å². The molecule has 3 aromatic rings. The second-order valence-electron chi connectivity index (χ2n) is 7.33. The summed E-state index contributed by atoms with van der Waals surface area (Å²) in [4.78, 5) is 11.3. The minimum Gasteiger partial charge on any atom is -0.393 e. The van der Waals surface area contributed by atoms with E-state index in [2.05, 4.69) is 32.1 Å². The minimum atomic E-state index is -0.266. The molecule has 1 unspecified atom stereocenters. The number of benzene rings is 1. The molecule has 1 aliphatic rings. The first kappa shape index (κ1) is 17.7. The fraction of sp³-hybridized carbons (Fsp3) is 0.450. The number of aromatic nitrogens is 4. The zero-order valence-corrected chi connectivity index (χ0v) is 15.6. The van der Waals surface area contributed by atoms with Crippen molar-refractivity contribution in [2.45, 2.75) is 31.8 Å². The first-order chi connectivity index (χ1) is 13.1. The van der Waals surface area contributed by atoms with Gasteiger partial charge in [0.25, 0.3) is 0 Å². The minimum absolute atomic E-state index is 0.266. The summed E-state index contributed by atoms with van der Waals surface area (Å²) < 4.78 is 1.72. The van der Waals surface area contributed by atoms with E-state index >= 15 is 0 Å². The van der Waals surface area contributed by atoms with Crippen LogP contribution in [0.1, 0.15) is 24.8 Å². The molecule has 1 aliphatic heterocycles. The smallest absolute Gasteiger partial charge is 0.229 e. The summed E-state index contributed by atoms with van der Waals surface area (Å²) in [5.41, 5.74) is 8.11. The van der Waals surface area contributed by atoms with Gasteiger partial charge in [-0.15, -0.1) is 0 Å². The van der Waals surface area contributed by atoms with Crippen LogP contribution in [0.15, 0.2) is 36.5 Å². The van der Waals surface area contributed by atoms with Gasteiger partial charge in [0.1, 0.15) is 5.82 Å². The number of hydrogen-bond acceptors (Lipinski definition) is 6. The summed E-state index contributed by atoms with van der Waals surface area (Å²) in [6.07, 6.45) is 5.02. The predicted molar refractivity (Wildman–Crippen MR) is 106 cm³/mol. The molecule has 0 amide bonds. The van der Waals surface area contributed by atoms with Crippen LogP contribution in [0.25, 0.3) is 11.0 Å². The average molecular weight is 366 g/mol. The van der Waals surface area contributed by atoms with Crippen LogP contribution in [-0.4, -0.2) is 44.0 Å².